The van der Waals surface area contributed by atoms with Crippen LogP contribution in [0.3, 0.4) is 0 Å². The standard InChI is InChI=1S/2C21H14N.2CH3.2ClH.Si.Zr/c2*1-2-9-16(10-3-1)22-19-13-7-6-12-18(19)21-17-11-5-4-8-15(17)14-20(21)22;;;;;;/h2*1-14H;2*1H3;2*1H;;/q4*-1;;;;. The largest absolute Gasteiger partial charge is 0.328 e. The molecule has 0 aliphatic heterocycles. The summed E-state index contributed by atoms with van der Waals surface area (Å²) in [4.78, 5) is 0. The van der Waals surface area contributed by atoms with Gasteiger partial charge in [-0.2, -0.15) is 0 Å². The minimum atomic E-state index is 0. The van der Waals surface area contributed by atoms with Crippen LogP contribution in [-0.4, -0.2) is 16.0 Å². The van der Waals surface area contributed by atoms with Crippen molar-refractivity contribution in [3.63, 3.8) is 0 Å². The zero-order valence-electron chi connectivity index (χ0n) is 27.9. The number of halogens is 2. The summed E-state index contributed by atoms with van der Waals surface area (Å²) in [6.45, 7) is 3.06. The molecule has 0 spiro atoms. The van der Waals surface area contributed by atoms with Crippen LogP contribution in [0.1, 0.15) is 0 Å². The minimum Gasteiger partial charge on any atom is -0.328 e. The van der Waals surface area contributed by atoms with Crippen LogP contribution in [-0.2, 0) is 23.3 Å². The van der Waals surface area contributed by atoms with Crippen LogP contribution in [0.25, 0.3) is 76.5 Å². The summed E-state index contributed by atoms with van der Waals surface area (Å²) in [5, 5.41) is 10.6. The van der Waals surface area contributed by atoms with Crippen LogP contribution < -0.4 is 0 Å². The fraction of sp³-hybridized carbons (Fsp3) is 0. The molecule has 0 amide bonds. The number of nitrogens with zero attached hydrogens (tertiary/aromatic N) is 2. The van der Waals surface area contributed by atoms with Gasteiger partial charge in [0.05, 0.1) is 0 Å². The maximum absolute atomic E-state index is 3.06. The molecule has 248 valence electrons. The molecule has 50 heavy (non-hydrogen) atoms. The van der Waals surface area contributed by atoms with E-state index in [4.69, 9.17) is 0 Å². The smallest absolute Gasteiger partial charge is 0.0443 e. The Morgan fingerprint density at radius 3 is 1.06 bits per heavy atom. The van der Waals surface area contributed by atoms with Gasteiger partial charge in [0.25, 0.3) is 0 Å². The van der Waals surface area contributed by atoms with Crippen LogP contribution in [0.15, 0.2) is 170 Å². The molecule has 2 radical (unpaired) electrons. The van der Waals surface area contributed by atoms with Gasteiger partial charge in [-0.25, -0.2) is 0 Å². The zero-order chi connectivity index (χ0) is 31.0. The fourth-order valence-corrected chi connectivity index (χ4v) is 7.06. The average Bonchev–Trinajstić information content (AvgIpc) is 3.86. The van der Waals surface area contributed by atoms with E-state index in [-0.39, 0.29) is 39.7 Å². The van der Waals surface area contributed by atoms with E-state index in [9.17, 15) is 0 Å². The van der Waals surface area contributed by atoms with Gasteiger partial charge >= 0.3 is 30.2 Å². The van der Waals surface area contributed by atoms with Crippen LogP contribution in [0.5, 0.6) is 0 Å². The van der Waals surface area contributed by atoms with E-state index in [0.717, 1.165) is 0 Å². The topological polar surface area (TPSA) is 9.86 Å². The van der Waals surface area contributed by atoms with Crippen LogP contribution in [0.4, 0.5) is 0 Å². The second-order valence-corrected chi connectivity index (χ2v) is 11.4. The van der Waals surface area contributed by atoms with Gasteiger partial charge in [-0.15, -0.1) is 94.9 Å². The molecule has 10 aromatic rings. The van der Waals surface area contributed by atoms with E-state index >= 15 is 0 Å². The Morgan fingerprint density at radius 1 is 0.380 bits per heavy atom. The van der Waals surface area contributed by atoms with Crippen LogP contribution in [0, 0.1) is 14.9 Å². The van der Waals surface area contributed by atoms with Crippen molar-refractivity contribution >= 4 is 96.9 Å². The van der Waals surface area contributed by atoms with Gasteiger partial charge in [0, 0.05) is 22.4 Å². The molecule has 0 fully saturated rings. The number of hydrogen-bond donors (Lipinski definition) is 0. The first-order chi connectivity index (χ1) is 22.9. The van der Waals surface area contributed by atoms with Gasteiger partial charge in [0.2, 0.25) is 0 Å². The van der Waals surface area contributed by atoms with Crippen molar-refractivity contribution in [1.29, 1.82) is 0 Å². The molecule has 2 nitrogen and oxygen atoms in total. The molecule has 0 aliphatic carbocycles. The van der Waals surface area contributed by atoms with E-state index in [1.807, 2.05) is 0 Å². The molecule has 0 saturated heterocycles. The predicted octanol–water partition coefficient (Wildman–Crippen LogP) is 12.7. The fourth-order valence-electron chi connectivity index (χ4n) is 7.06. The number of benzene rings is 6. The monoisotopic (exact) mass is 780 g/mol. The molecular formula is C44H36Cl2N2SiZr-4. The van der Waals surface area contributed by atoms with E-state index in [1.54, 1.807) is 0 Å². The predicted molar refractivity (Wildman–Crippen MR) is 221 cm³/mol. The summed E-state index contributed by atoms with van der Waals surface area (Å²) in [5.41, 5.74) is 7.53. The van der Waals surface area contributed by atoms with E-state index in [0.29, 0.717) is 0 Å². The Morgan fingerprint density at radius 2 is 0.680 bits per heavy atom. The van der Waals surface area contributed by atoms with Crippen LogP contribution in [0.2, 0.25) is 0 Å². The Hall–Kier alpha value is -4.18. The number of aromatic nitrogens is 2. The molecule has 2 aromatic heterocycles. The molecule has 0 N–H and O–H groups in total. The summed E-state index contributed by atoms with van der Waals surface area (Å²) < 4.78 is 4.73. The third-order valence-electron chi connectivity index (χ3n) is 8.90. The van der Waals surface area contributed by atoms with Crippen molar-refractivity contribution in [3.8, 4) is 11.4 Å². The average molecular weight is 783 g/mol. The molecule has 10 rings (SSSR count). The first-order valence-electron chi connectivity index (χ1n) is 15.4. The SMILES string of the molecule is Cl.Cl.[CH3-].[CH3-].[Si]=[Zr].c1ccc(-n2c3ccccc3c3c4ccccc4[cH-]c32)cc1.c1ccc(-n2c3ccccc3c3c4ccccc4[cH-]c32)cc1. The van der Waals surface area contributed by atoms with E-state index in [2.05, 4.69) is 186 Å². The maximum Gasteiger partial charge on any atom is 0.0443 e. The summed E-state index contributed by atoms with van der Waals surface area (Å²) in [5.74, 6) is 0. The summed E-state index contributed by atoms with van der Waals surface area (Å²) in [6, 6.07) is 60.4. The second-order valence-electron chi connectivity index (χ2n) is 11.4. The summed E-state index contributed by atoms with van der Waals surface area (Å²) >= 11 is 1.36. The molecule has 2 heterocycles. The van der Waals surface area contributed by atoms with Gasteiger partial charge in [0.15, 0.2) is 0 Å². The summed E-state index contributed by atoms with van der Waals surface area (Å²) in [7, 11) is 0. The van der Waals surface area contributed by atoms with Crippen molar-refractivity contribution in [1.82, 2.24) is 9.13 Å². The zero-order valence-corrected chi connectivity index (χ0v) is 33.0. The Labute approximate surface area is 323 Å². The molecule has 0 unspecified atom stereocenters. The number of hydrogen-bond acceptors (Lipinski definition) is 0. The maximum atomic E-state index is 3.06. The summed E-state index contributed by atoms with van der Waals surface area (Å²) in [6.07, 6.45) is 0. The molecule has 0 saturated carbocycles. The van der Waals surface area contributed by atoms with Crippen molar-refractivity contribution < 1.29 is 23.3 Å². The molecule has 0 bridgehead atoms. The Kier molecular flexibility index (Phi) is 12.9. The van der Waals surface area contributed by atoms with Crippen molar-refractivity contribution in [2.75, 3.05) is 0 Å². The quantitative estimate of drug-likeness (QED) is 0.122. The van der Waals surface area contributed by atoms with Gasteiger partial charge in [-0.05, 0) is 58.2 Å². The third kappa shape index (κ3) is 6.43. The first-order valence-corrected chi connectivity index (χ1v) is 19.6. The van der Waals surface area contributed by atoms with E-state index in [1.165, 1.54) is 99.9 Å². The minimum absolute atomic E-state index is 0. The first kappa shape index (κ1) is 38.6. The second kappa shape index (κ2) is 16.7. The number of para-hydroxylation sites is 4. The van der Waals surface area contributed by atoms with Gasteiger partial charge < -0.3 is 24.0 Å². The van der Waals surface area contributed by atoms with Crippen molar-refractivity contribution in [2.45, 2.75) is 0 Å². The molecule has 0 atom stereocenters. The van der Waals surface area contributed by atoms with Gasteiger partial charge in [-0.1, -0.05) is 95.7 Å². The molecular weight excluding hydrogens is 747 g/mol. The Bertz CT molecular complexity index is 2450. The number of rotatable bonds is 2. The third-order valence-corrected chi connectivity index (χ3v) is 8.90. The van der Waals surface area contributed by atoms with E-state index < -0.39 is 0 Å². The van der Waals surface area contributed by atoms with Gasteiger partial charge in [-0.3, -0.25) is 0 Å². The Balaban J connectivity index is 0.000000199. The van der Waals surface area contributed by atoms with Gasteiger partial charge in [0.1, 0.15) is 0 Å². The molecule has 6 heteroatoms. The molecule has 8 aromatic carbocycles. The number of fused-ring (bicyclic) bond motifs is 10. The van der Waals surface area contributed by atoms with Crippen molar-refractivity contribution in [3.05, 3.63) is 185 Å². The molecule has 0 aliphatic rings. The van der Waals surface area contributed by atoms with Crippen LogP contribution >= 0.6 is 24.8 Å². The van der Waals surface area contributed by atoms with Crippen molar-refractivity contribution in [2.24, 2.45) is 0 Å². The normalized spacial score (nSPS) is 10.3.